The fraction of sp³-hybridized carbons (Fsp3) is 0.375. The third-order valence-corrected chi connectivity index (χ3v) is 7.97. The number of ether oxygens (including phenoxy) is 1. The van der Waals surface area contributed by atoms with E-state index < -0.39 is 11.0 Å². The number of halogens is 1. The standard InChI is InChI=1S/C24H27FN2O3S/c1-17-18(2)27(16-24(17)11-13-30-14-12-24)31(29)22-9-5-20(6-10-22)23(28)26-15-19-3-7-21(25)8-4-19/h3-10H,11-16H2,1-2H3,(H,26,28). The Hall–Kier alpha value is -2.51. The van der Waals surface area contributed by atoms with E-state index in [1.165, 1.54) is 17.7 Å². The van der Waals surface area contributed by atoms with Crippen molar-refractivity contribution < 1.29 is 18.1 Å². The van der Waals surface area contributed by atoms with Crippen LogP contribution in [0.4, 0.5) is 4.39 Å². The normalized spacial score (nSPS) is 19.0. The molecule has 2 aromatic rings. The van der Waals surface area contributed by atoms with Crippen molar-refractivity contribution >= 4 is 16.9 Å². The molecule has 2 heterocycles. The number of allylic oxidation sites excluding steroid dienone is 1. The number of rotatable bonds is 5. The molecule has 2 aliphatic rings. The Morgan fingerprint density at radius 1 is 1.10 bits per heavy atom. The van der Waals surface area contributed by atoms with Crippen LogP contribution < -0.4 is 5.32 Å². The first-order valence-corrected chi connectivity index (χ1v) is 11.6. The average Bonchev–Trinajstić information content (AvgIpc) is 3.03. The molecule has 0 bridgehead atoms. The van der Waals surface area contributed by atoms with Gasteiger partial charge in [-0.1, -0.05) is 12.1 Å². The van der Waals surface area contributed by atoms with Crippen LogP contribution in [0.2, 0.25) is 0 Å². The van der Waals surface area contributed by atoms with Crippen LogP contribution in [-0.4, -0.2) is 34.2 Å². The topological polar surface area (TPSA) is 58.6 Å². The molecule has 4 rings (SSSR count). The maximum Gasteiger partial charge on any atom is 0.251 e. The predicted molar refractivity (Wildman–Crippen MR) is 118 cm³/mol. The second-order valence-corrected chi connectivity index (χ2v) is 9.63. The summed E-state index contributed by atoms with van der Waals surface area (Å²) in [6, 6.07) is 12.9. The van der Waals surface area contributed by atoms with Crippen molar-refractivity contribution in [3.63, 3.8) is 0 Å². The zero-order chi connectivity index (χ0) is 22.0. The minimum Gasteiger partial charge on any atom is -0.381 e. The summed E-state index contributed by atoms with van der Waals surface area (Å²) in [6.07, 6.45) is 1.91. The molecule has 0 aliphatic carbocycles. The quantitative estimate of drug-likeness (QED) is 0.756. The molecule has 1 atom stereocenters. The molecular weight excluding hydrogens is 415 g/mol. The molecule has 2 aromatic carbocycles. The van der Waals surface area contributed by atoms with Gasteiger partial charge in [0.15, 0.2) is 11.0 Å². The van der Waals surface area contributed by atoms with E-state index in [9.17, 15) is 13.4 Å². The summed E-state index contributed by atoms with van der Waals surface area (Å²) in [4.78, 5) is 13.1. The monoisotopic (exact) mass is 442 g/mol. The number of nitrogens with zero attached hydrogens (tertiary/aromatic N) is 1. The number of carbonyl (C=O) groups is 1. The first kappa shape index (κ1) is 21.7. The molecule has 7 heteroatoms. The van der Waals surface area contributed by atoms with E-state index in [2.05, 4.69) is 12.2 Å². The van der Waals surface area contributed by atoms with Gasteiger partial charge in [0.2, 0.25) is 0 Å². The lowest BCUT2D eigenvalue weighted by atomic mass is 9.76. The first-order valence-electron chi connectivity index (χ1n) is 10.5. The van der Waals surface area contributed by atoms with Crippen molar-refractivity contribution in [2.45, 2.75) is 38.1 Å². The van der Waals surface area contributed by atoms with Gasteiger partial charge in [-0.2, -0.15) is 0 Å². The summed E-state index contributed by atoms with van der Waals surface area (Å²) >= 11 is 0. The molecule has 0 radical (unpaired) electrons. The Bertz CT molecular complexity index is 1010. The van der Waals surface area contributed by atoms with E-state index in [0.29, 0.717) is 17.0 Å². The highest BCUT2D eigenvalue weighted by atomic mass is 32.2. The van der Waals surface area contributed by atoms with Crippen LogP contribution in [0.5, 0.6) is 0 Å². The van der Waals surface area contributed by atoms with Crippen LogP contribution in [-0.2, 0) is 22.3 Å². The molecule has 1 amide bonds. The smallest absolute Gasteiger partial charge is 0.251 e. The Balaban J connectivity index is 1.41. The summed E-state index contributed by atoms with van der Waals surface area (Å²) in [7, 11) is -1.33. The number of amides is 1. The Kier molecular flexibility index (Phi) is 6.25. The van der Waals surface area contributed by atoms with Crippen molar-refractivity contribution in [3.8, 4) is 0 Å². The van der Waals surface area contributed by atoms with Gasteiger partial charge in [0.1, 0.15) is 5.82 Å². The molecule has 164 valence electrons. The van der Waals surface area contributed by atoms with Gasteiger partial charge in [0, 0.05) is 43.0 Å². The minimum atomic E-state index is -1.33. The number of nitrogens with one attached hydrogen (secondary N) is 1. The van der Waals surface area contributed by atoms with Gasteiger partial charge in [0.25, 0.3) is 5.91 Å². The first-order chi connectivity index (χ1) is 14.9. The van der Waals surface area contributed by atoms with Gasteiger partial charge >= 0.3 is 0 Å². The number of benzene rings is 2. The molecule has 0 saturated carbocycles. The van der Waals surface area contributed by atoms with E-state index in [1.807, 2.05) is 11.2 Å². The van der Waals surface area contributed by atoms with E-state index >= 15 is 0 Å². The van der Waals surface area contributed by atoms with Crippen LogP contribution in [0, 0.1) is 11.2 Å². The van der Waals surface area contributed by atoms with Crippen LogP contribution in [0.15, 0.2) is 64.7 Å². The molecule has 0 aromatic heterocycles. The second-order valence-electron chi connectivity index (χ2n) is 8.22. The summed E-state index contributed by atoms with van der Waals surface area (Å²) < 4.78 is 33.8. The Labute approximate surface area is 184 Å². The van der Waals surface area contributed by atoms with Crippen LogP contribution in [0.25, 0.3) is 0 Å². The molecular formula is C24H27FN2O3S. The van der Waals surface area contributed by atoms with E-state index in [4.69, 9.17) is 4.74 Å². The second kappa shape index (κ2) is 8.93. The minimum absolute atomic E-state index is 0.0537. The largest absolute Gasteiger partial charge is 0.381 e. The predicted octanol–water partition coefficient (Wildman–Crippen LogP) is 4.18. The van der Waals surface area contributed by atoms with Crippen molar-refractivity contribution in [1.82, 2.24) is 9.62 Å². The summed E-state index contributed by atoms with van der Waals surface area (Å²) in [5.74, 6) is -0.532. The highest BCUT2D eigenvalue weighted by Gasteiger charge is 2.44. The third-order valence-electron chi connectivity index (χ3n) is 6.49. The van der Waals surface area contributed by atoms with Crippen LogP contribution in [0.3, 0.4) is 0 Å². The number of hydrogen-bond acceptors (Lipinski definition) is 3. The molecule has 1 spiro atoms. The van der Waals surface area contributed by atoms with Gasteiger partial charge in [0.05, 0.1) is 4.90 Å². The van der Waals surface area contributed by atoms with Gasteiger partial charge in [-0.05, 0) is 74.2 Å². The molecule has 1 unspecified atom stereocenters. The van der Waals surface area contributed by atoms with E-state index in [-0.39, 0.29) is 17.1 Å². The van der Waals surface area contributed by atoms with Gasteiger partial charge in [-0.25, -0.2) is 8.60 Å². The Morgan fingerprint density at radius 2 is 1.74 bits per heavy atom. The third kappa shape index (κ3) is 4.43. The molecule has 1 fully saturated rings. The maximum atomic E-state index is 13.3. The average molecular weight is 443 g/mol. The van der Waals surface area contributed by atoms with Crippen molar-refractivity contribution in [1.29, 1.82) is 0 Å². The lowest BCUT2D eigenvalue weighted by molar-refractivity contribution is 0.0338. The SMILES string of the molecule is CC1=C(C)C2(CCOCC2)CN1S(=O)c1ccc(C(=O)NCc2ccc(F)cc2)cc1. The van der Waals surface area contributed by atoms with Crippen molar-refractivity contribution in [2.75, 3.05) is 19.8 Å². The maximum absolute atomic E-state index is 13.3. The fourth-order valence-electron chi connectivity index (χ4n) is 4.30. The van der Waals surface area contributed by atoms with Crippen LogP contribution in [0.1, 0.15) is 42.6 Å². The Morgan fingerprint density at radius 3 is 2.39 bits per heavy atom. The highest BCUT2D eigenvalue weighted by Crippen LogP contribution is 2.46. The van der Waals surface area contributed by atoms with Crippen molar-refractivity contribution in [3.05, 3.63) is 76.7 Å². The van der Waals surface area contributed by atoms with E-state index in [0.717, 1.165) is 43.9 Å². The van der Waals surface area contributed by atoms with Gasteiger partial charge < -0.3 is 10.1 Å². The van der Waals surface area contributed by atoms with Gasteiger partial charge in [-0.15, -0.1) is 0 Å². The number of hydrogen-bond donors (Lipinski definition) is 1. The zero-order valence-corrected chi connectivity index (χ0v) is 18.6. The summed E-state index contributed by atoms with van der Waals surface area (Å²) in [5.41, 5.74) is 3.75. The number of carbonyl (C=O) groups excluding carboxylic acids is 1. The molecule has 1 N–H and O–H groups in total. The summed E-state index contributed by atoms with van der Waals surface area (Å²) in [6.45, 7) is 6.72. The molecule has 1 saturated heterocycles. The zero-order valence-electron chi connectivity index (χ0n) is 17.8. The summed E-state index contributed by atoms with van der Waals surface area (Å²) in [5, 5.41) is 2.82. The highest BCUT2D eigenvalue weighted by molar-refractivity contribution is 7.82. The molecule has 5 nitrogen and oxygen atoms in total. The van der Waals surface area contributed by atoms with Crippen molar-refractivity contribution in [2.24, 2.45) is 5.41 Å². The van der Waals surface area contributed by atoms with Gasteiger partial charge in [-0.3, -0.25) is 9.10 Å². The molecule has 2 aliphatic heterocycles. The lowest BCUT2D eigenvalue weighted by Crippen LogP contribution is -2.36. The fourth-order valence-corrected chi connectivity index (χ4v) is 5.67. The van der Waals surface area contributed by atoms with E-state index in [1.54, 1.807) is 36.4 Å². The van der Waals surface area contributed by atoms with Crippen LogP contribution >= 0.6 is 0 Å². The lowest BCUT2D eigenvalue weighted by Gasteiger charge is -2.35. The molecule has 31 heavy (non-hydrogen) atoms.